The molecule has 0 aromatic rings. The molecule has 0 aliphatic heterocycles. The van der Waals surface area contributed by atoms with Gasteiger partial charge in [-0.05, 0) is 67.1 Å². The van der Waals surface area contributed by atoms with E-state index in [-0.39, 0.29) is 22.6 Å². The summed E-state index contributed by atoms with van der Waals surface area (Å²) in [6, 6.07) is 0. The highest BCUT2D eigenvalue weighted by Gasteiger charge is 2.30. The molecule has 5 heteroatoms. The summed E-state index contributed by atoms with van der Waals surface area (Å²) in [5.74, 6) is -0.505. The standard InChI is InChI=1S/C13H18O3.C13H20O2/c1-9-10(5-6-12(15)16-4)13(2,3)8-7-11(9)14;1-10-6-5-9-13(2,3)11(10)7-8-12(14)15-4/h5-6H,7-8H2,1-4H3;7-8H,5-6,9H2,1-4H3/b6-5+;8-7+. The molecule has 5 nitrogen and oxygen atoms in total. The second-order valence-electron chi connectivity index (χ2n) is 9.49. The quantitative estimate of drug-likeness (QED) is 0.425. The molecule has 0 heterocycles. The molecule has 0 amide bonds. The molecule has 0 aromatic heterocycles. The predicted molar refractivity (Wildman–Crippen MR) is 123 cm³/mol. The fourth-order valence-electron chi connectivity index (χ4n) is 4.21. The Morgan fingerprint density at radius 3 is 1.77 bits per heavy atom. The van der Waals surface area contributed by atoms with Crippen molar-refractivity contribution in [1.82, 2.24) is 0 Å². The molecule has 0 fully saturated rings. The molecule has 2 rings (SSSR count). The van der Waals surface area contributed by atoms with Crippen LogP contribution in [0.4, 0.5) is 0 Å². The second-order valence-corrected chi connectivity index (χ2v) is 9.49. The van der Waals surface area contributed by atoms with Crippen molar-refractivity contribution in [1.29, 1.82) is 0 Å². The van der Waals surface area contributed by atoms with E-state index < -0.39 is 5.97 Å². The monoisotopic (exact) mass is 430 g/mol. The van der Waals surface area contributed by atoms with Crippen LogP contribution >= 0.6 is 0 Å². The molecule has 0 bridgehead atoms. The second kappa shape index (κ2) is 11.3. The highest BCUT2D eigenvalue weighted by Crippen LogP contribution is 2.41. The van der Waals surface area contributed by atoms with Gasteiger partial charge in [0, 0.05) is 18.6 Å². The molecule has 0 radical (unpaired) electrons. The van der Waals surface area contributed by atoms with Crippen LogP contribution in [0, 0.1) is 10.8 Å². The van der Waals surface area contributed by atoms with E-state index in [0.29, 0.717) is 6.42 Å². The smallest absolute Gasteiger partial charge is 0.330 e. The first-order valence-electron chi connectivity index (χ1n) is 10.8. The van der Waals surface area contributed by atoms with Crippen LogP contribution in [0.15, 0.2) is 46.6 Å². The number of methoxy groups -OCH3 is 2. The number of hydrogen-bond acceptors (Lipinski definition) is 5. The van der Waals surface area contributed by atoms with Gasteiger partial charge in [-0.1, -0.05) is 45.4 Å². The number of rotatable bonds is 4. The number of esters is 2. The molecule has 2 aliphatic carbocycles. The summed E-state index contributed by atoms with van der Waals surface area (Å²) < 4.78 is 9.13. The number of hydrogen-bond donors (Lipinski definition) is 0. The van der Waals surface area contributed by atoms with Gasteiger partial charge in [0.2, 0.25) is 0 Å². The van der Waals surface area contributed by atoms with Gasteiger partial charge in [0.25, 0.3) is 0 Å². The predicted octanol–water partition coefficient (Wildman–Crippen LogP) is 5.66. The molecule has 0 saturated carbocycles. The summed E-state index contributed by atoms with van der Waals surface area (Å²) in [4.78, 5) is 33.7. The zero-order valence-corrected chi connectivity index (χ0v) is 20.4. The lowest BCUT2D eigenvalue weighted by molar-refractivity contribution is -0.135. The van der Waals surface area contributed by atoms with Crippen molar-refractivity contribution >= 4 is 17.7 Å². The largest absolute Gasteiger partial charge is 0.466 e. The van der Waals surface area contributed by atoms with Crippen LogP contribution in [-0.2, 0) is 23.9 Å². The Hall–Kier alpha value is -2.43. The summed E-state index contributed by atoms with van der Waals surface area (Å²) in [7, 11) is 2.74. The number of ether oxygens (including phenoxy) is 2. The number of carbonyl (C=O) groups excluding carboxylic acids is 3. The molecule has 0 saturated heterocycles. The van der Waals surface area contributed by atoms with Crippen molar-refractivity contribution in [3.05, 3.63) is 46.6 Å². The van der Waals surface area contributed by atoms with Crippen LogP contribution in [-0.4, -0.2) is 31.9 Å². The highest BCUT2D eigenvalue weighted by atomic mass is 16.5. The Labute approximate surface area is 187 Å². The van der Waals surface area contributed by atoms with E-state index in [4.69, 9.17) is 0 Å². The third-order valence-corrected chi connectivity index (χ3v) is 6.25. The lowest BCUT2D eigenvalue weighted by Crippen LogP contribution is -2.24. The van der Waals surface area contributed by atoms with E-state index in [1.165, 1.54) is 50.4 Å². The summed E-state index contributed by atoms with van der Waals surface area (Å²) in [5.41, 5.74) is 4.52. The van der Waals surface area contributed by atoms with Crippen LogP contribution < -0.4 is 0 Å². The minimum Gasteiger partial charge on any atom is -0.466 e. The molecule has 2 aliphatic rings. The Bertz CT molecular complexity index is 819. The maximum Gasteiger partial charge on any atom is 0.330 e. The van der Waals surface area contributed by atoms with Gasteiger partial charge in [-0.2, -0.15) is 0 Å². The van der Waals surface area contributed by atoms with Gasteiger partial charge in [0.05, 0.1) is 14.2 Å². The normalized spacial score (nSPS) is 20.6. The third-order valence-electron chi connectivity index (χ3n) is 6.25. The van der Waals surface area contributed by atoms with E-state index in [1.54, 1.807) is 6.08 Å². The van der Waals surface area contributed by atoms with Gasteiger partial charge in [-0.15, -0.1) is 0 Å². The van der Waals surface area contributed by atoms with Gasteiger partial charge < -0.3 is 9.47 Å². The van der Waals surface area contributed by atoms with E-state index >= 15 is 0 Å². The van der Waals surface area contributed by atoms with Crippen molar-refractivity contribution in [2.45, 2.75) is 73.6 Å². The van der Waals surface area contributed by atoms with Crippen LogP contribution in [0.25, 0.3) is 0 Å². The molecule has 172 valence electrons. The van der Waals surface area contributed by atoms with Gasteiger partial charge in [-0.3, -0.25) is 4.79 Å². The minimum absolute atomic E-state index is 0.0531. The van der Waals surface area contributed by atoms with Crippen molar-refractivity contribution in [3.8, 4) is 0 Å². The fraction of sp³-hybridized carbons (Fsp3) is 0.577. The highest BCUT2D eigenvalue weighted by molar-refractivity contribution is 5.97. The molecule has 0 N–H and O–H groups in total. The first-order chi connectivity index (χ1) is 14.4. The zero-order valence-electron chi connectivity index (χ0n) is 20.4. The number of ketones is 1. The van der Waals surface area contributed by atoms with Crippen molar-refractivity contribution in [3.63, 3.8) is 0 Å². The summed E-state index contributed by atoms with van der Waals surface area (Å²) in [5, 5.41) is 0. The first-order valence-corrected chi connectivity index (χ1v) is 10.8. The number of allylic oxidation sites excluding steroid dienone is 6. The molecular formula is C26H38O5. The average Bonchev–Trinajstić information content (AvgIpc) is 2.70. The van der Waals surface area contributed by atoms with Crippen LogP contribution in [0.2, 0.25) is 0 Å². The van der Waals surface area contributed by atoms with Gasteiger partial charge in [0.1, 0.15) is 0 Å². The van der Waals surface area contributed by atoms with Crippen LogP contribution in [0.3, 0.4) is 0 Å². The number of carbonyl (C=O) groups is 3. The SMILES string of the molecule is COC(=O)/C=C/C1=C(C)C(=O)CCC1(C)C.COC(=O)/C=C/C1=C(C)CCCC1(C)C. The minimum atomic E-state index is -0.394. The lowest BCUT2D eigenvalue weighted by Gasteiger charge is -2.32. The zero-order chi connectivity index (χ0) is 23.8. The van der Waals surface area contributed by atoms with Gasteiger partial charge in [-0.25, -0.2) is 9.59 Å². The Morgan fingerprint density at radius 2 is 1.29 bits per heavy atom. The Kier molecular flexibility index (Phi) is 9.67. The molecule has 31 heavy (non-hydrogen) atoms. The average molecular weight is 431 g/mol. The molecule has 0 unspecified atom stereocenters. The van der Waals surface area contributed by atoms with Crippen LogP contribution in [0.1, 0.15) is 73.6 Å². The summed E-state index contributed by atoms with van der Waals surface area (Å²) in [6.45, 7) is 12.6. The van der Waals surface area contributed by atoms with Crippen molar-refractivity contribution in [2.24, 2.45) is 10.8 Å². The van der Waals surface area contributed by atoms with E-state index in [9.17, 15) is 14.4 Å². The summed E-state index contributed by atoms with van der Waals surface area (Å²) >= 11 is 0. The van der Waals surface area contributed by atoms with E-state index in [1.807, 2.05) is 13.0 Å². The van der Waals surface area contributed by atoms with E-state index in [2.05, 4.69) is 44.1 Å². The first kappa shape index (κ1) is 26.6. The molecule has 0 aromatic carbocycles. The summed E-state index contributed by atoms with van der Waals surface area (Å²) in [6.07, 6.45) is 11.5. The van der Waals surface area contributed by atoms with Crippen molar-refractivity contribution < 1.29 is 23.9 Å². The topological polar surface area (TPSA) is 69.7 Å². The maximum atomic E-state index is 11.6. The Balaban J connectivity index is 0.000000311. The molecule has 0 spiro atoms. The maximum absolute atomic E-state index is 11.6. The Morgan fingerprint density at radius 1 is 0.806 bits per heavy atom. The third kappa shape index (κ3) is 7.64. The lowest BCUT2D eigenvalue weighted by atomic mass is 9.72. The molecule has 0 atom stereocenters. The fourth-order valence-corrected chi connectivity index (χ4v) is 4.21. The molecular weight excluding hydrogens is 392 g/mol. The van der Waals surface area contributed by atoms with Gasteiger partial charge >= 0.3 is 11.9 Å². The van der Waals surface area contributed by atoms with Crippen LogP contribution in [0.5, 0.6) is 0 Å². The van der Waals surface area contributed by atoms with E-state index in [0.717, 1.165) is 24.0 Å². The number of Topliss-reactive ketones (excluding diaryl/α,β-unsaturated/α-hetero) is 1. The van der Waals surface area contributed by atoms with Crippen molar-refractivity contribution in [2.75, 3.05) is 14.2 Å². The van der Waals surface area contributed by atoms with Gasteiger partial charge in [0.15, 0.2) is 5.78 Å².